The molecule has 2 aliphatic carbocycles. The highest BCUT2D eigenvalue weighted by Gasteiger charge is 2.76. The van der Waals surface area contributed by atoms with Crippen molar-refractivity contribution in [1.29, 1.82) is 0 Å². The summed E-state index contributed by atoms with van der Waals surface area (Å²) in [5, 5.41) is 3.16. The number of rotatable bonds is 7. The van der Waals surface area contributed by atoms with Crippen LogP contribution in [-0.4, -0.2) is 48.3 Å². The Morgan fingerprint density at radius 1 is 1.19 bits per heavy atom. The van der Waals surface area contributed by atoms with Crippen LogP contribution in [0.5, 0.6) is 5.75 Å². The zero-order valence-corrected chi connectivity index (χ0v) is 22.1. The standard InChI is InChI=1S/C30H31N3O3S/c1-18-4-7-27(36-15-21-6-5-20(11-19(21)2)28(35)32-8-3-9-32)22(10-18)26-16-37-29(31-26)33-13-25-23(14-34)24-12-30(24,25)17-33/h4-7,10-11,14,16,23-25H,3,8-9,12-13,15,17H2,1-2H3. The lowest BCUT2D eigenvalue weighted by Crippen LogP contribution is -2.42. The van der Waals surface area contributed by atoms with Crippen molar-refractivity contribution in [2.24, 2.45) is 23.2 Å². The Bertz CT molecular complexity index is 1410. The third kappa shape index (κ3) is 3.62. The molecule has 2 saturated heterocycles. The number of ether oxygens (including phenoxy) is 1. The van der Waals surface area contributed by atoms with Crippen molar-refractivity contribution >= 4 is 28.7 Å². The molecule has 0 N–H and O–H groups in total. The number of aromatic nitrogens is 1. The summed E-state index contributed by atoms with van der Waals surface area (Å²) in [6.45, 7) is 8.25. The number of hydrogen-bond acceptors (Lipinski definition) is 6. The maximum atomic E-state index is 12.6. The summed E-state index contributed by atoms with van der Waals surface area (Å²) in [6.07, 6.45) is 3.49. The van der Waals surface area contributed by atoms with Crippen LogP contribution >= 0.6 is 11.3 Å². The van der Waals surface area contributed by atoms with Crippen LogP contribution in [0.15, 0.2) is 41.8 Å². The molecule has 3 heterocycles. The molecule has 3 aromatic rings. The molecule has 4 fully saturated rings. The predicted octanol–water partition coefficient (Wildman–Crippen LogP) is 5.12. The molecular formula is C30H31N3O3S. The second-order valence-corrected chi connectivity index (χ2v) is 12.2. The van der Waals surface area contributed by atoms with E-state index in [9.17, 15) is 9.59 Å². The summed E-state index contributed by atoms with van der Waals surface area (Å²) >= 11 is 1.68. The zero-order valence-electron chi connectivity index (χ0n) is 21.3. The van der Waals surface area contributed by atoms with E-state index in [4.69, 9.17) is 9.72 Å². The zero-order chi connectivity index (χ0) is 25.3. The topological polar surface area (TPSA) is 62.7 Å². The molecule has 0 bridgehead atoms. The van der Waals surface area contributed by atoms with E-state index in [1.807, 2.05) is 36.1 Å². The van der Waals surface area contributed by atoms with Gasteiger partial charge < -0.3 is 19.3 Å². The molecule has 2 aromatic carbocycles. The minimum Gasteiger partial charge on any atom is -0.488 e. The first kappa shape index (κ1) is 23.0. The quantitative estimate of drug-likeness (QED) is 0.410. The van der Waals surface area contributed by atoms with E-state index in [0.717, 1.165) is 77.0 Å². The first-order valence-corrected chi connectivity index (χ1v) is 14.1. The van der Waals surface area contributed by atoms with E-state index < -0.39 is 0 Å². The van der Waals surface area contributed by atoms with Gasteiger partial charge in [-0.2, -0.15) is 0 Å². The first-order valence-electron chi connectivity index (χ1n) is 13.3. The number of anilines is 1. The monoisotopic (exact) mass is 513 g/mol. The van der Waals surface area contributed by atoms with Crippen molar-refractivity contribution in [3.05, 3.63) is 64.0 Å². The Morgan fingerprint density at radius 2 is 2.05 bits per heavy atom. The van der Waals surface area contributed by atoms with E-state index in [1.165, 1.54) is 12.7 Å². The van der Waals surface area contributed by atoms with Crippen molar-refractivity contribution in [2.45, 2.75) is 33.3 Å². The molecular weight excluding hydrogens is 482 g/mol. The molecule has 7 heteroatoms. The van der Waals surface area contributed by atoms with Gasteiger partial charge in [0.2, 0.25) is 0 Å². The van der Waals surface area contributed by atoms with Crippen LogP contribution in [0.25, 0.3) is 11.3 Å². The normalized spacial score (nSPS) is 27.1. The van der Waals surface area contributed by atoms with E-state index >= 15 is 0 Å². The summed E-state index contributed by atoms with van der Waals surface area (Å²) in [4.78, 5) is 33.4. The van der Waals surface area contributed by atoms with Crippen molar-refractivity contribution < 1.29 is 14.3 Å². The lowest BCUT2D eigenvalue weighted by atomic mass is 9.67. The third-order valence-corrected chi connectivity index (χ3v) is 10.1. The van der Waals surface area contributed by atoms with Gasteiger partial charge in [0.25, 0.3) is 5.91 Å². The number of aryl methyl sites for hydroxylation is 2. The predicted molar refractivity (Wildman–Crippen MR) is 144 cm³/mol. The number of carbonyl (C=O) groups is 2. The lowest BCUT2D eigenvalue weighted by molar-refractivity contribution is -0.117. The highest BCUT2D eigenvalue weighted by Crippen LogP contribution is 2.76. The van der Waals surface area contributed by atoms with E-state index in [-0.39, 0.29) is 11.8 Å². The van der Waals surface area contributed by atoms with Gasteiger partial charge in [-0.1, -0.05) is 17.7 Å². The SMILES string of the molecule is Cc1ccc(OCc2ccc(C(=O)N3CCC3)cc2C)c(-c2csc(N3CC4C(C=O)C5CC45C3)n2)c1. The number of aldehydes is 1. The smallest absolute Gasteiger partial charge is 0.253 e. The van der Waals surface area contributed by atoms with Gasteiger partial charge in [0, 0.05) is 48.6 Å². The van der Waals surface area contributed by atoms with E-state index in [2.05, 4.69) is 29.3 Å². The fraction of sp³-hybridized carbons (Fsp3) is 0.433. The van der Waals surface area contributed by atoms with Gasteiger partial charge in [-0.15, -0.1) is 11.3 Å². The molecule has 0 radical (unpaired) electrons. The van der Waals surface area contributed by atoms with Crippen LogP contribution in [0.4, 0.5) is 5.13 Å². The van der Waals surface area contributed by atoms with Crippen molar-refractivity contribution in [3.8, 4) is 17.0 Å². The van der Waals surface area contributed by atoms with Gasteiger partial charge >= 0.3 is 0 Å². The Hall–Kier alpha value is -3.19. The molecule has 4 unspecified atom stereocenters. The molecule has 2 aliphatic heterocycles. The maximum absolute atomic E-state index is 12.6. The van der Waals surface area contributed by atoms with Gasteiger partial charge in [-0.05, 0) is 79.3 Å². The van der Waals surface area contributed by atoms with E-state index in [0.29, 0.717) is 23.9 Å². The molecule has 1 amide bonds. The highest BCUT2D eigenvalue weighted by atomic mass is 32.1. The number of nitrogens with zero attached hydrogens (tertiary/aromatic N) is 3. The van der Waals surface area contributed by atoms with Crippen LogP contribution in [0.2, 0.25) is 0 Å². The number of carbonyl (C=O) groups excluding carboxylic acids is 2. The second kappa shape index (κ2) is 8.42. The largest absolute Gasteiger partial charge is 0.488 e. The van der Waals surface area contributed by atoms with Crippen molar-refractivity contribution in [1.82, 2.24) is 9.88 Å². The minimum atomic E-state index is 0.117. The Morgan fingerprint density at radius 3 is 2.81 bits per heavy atom. The average Bonchev–Trinajstić information content (AvgIpc) is 3.13. The first-order chi connectivity index (χ1) is 18.0. The van der Waals surface area contributed by atoms with Crippen LogP contribution in [-0.2, 0) is 11.4 Å². The number of hydrogen-bond donors (Lipinski definition) is 0. The van der Waals surface area contributed by atoms with Gasteiger partial charge in [0.05, 0.1) is 5.69 Å². The maximum Gasteiger partial charge on any atom is 0.253 e. The fourth-order valence-corrected chi connectivity index (χ4v) is 7.62. The van der Waals surface area contributed by atoms with Crippen LogP contribution in [0.3, 0.4) is 0 Å². The third-order valence-electron chi connectivity index (χ3n) is 9.20. The summed E-state index contributed by atoms with van der Waals surface area (Å²) in [5.41, 5.74) is 6.37. The van der Waals surface area contributed by atoms with Crippen LogP contribution in [0, 0.1) is 37.0 Å². The summed E-state index contributed by atoms with van der Waals surface area (Å²) in [6, 6.07) is 12.1. The fourth-order valence-electron chi connectivity index (χ4n) is 6.79. The minimum absolute atomic E-state index is 0.117. The lowest BCUT2D eigenvalue weighted by Gasteiger charge is -2.34. The number of likely N-dealkylation sites (tertiary alicyclic amines) is 1. The molecule has 190 valence electrons. The molecule has 7 rings (SSSR count). The summed E-state index contributed by atoms with van der Waals surface area (Å²) < 4.78 is 6.34. The van der Waals surface area contributed by atoms with Gasteiger partial charge in [0.1, 0.15) is 18.6 Å². The number of amides is 1. The second-order valence-electron chi connectivity index (χ2n) is 11.3. The Balaban J connectivity index is 1.08. The molecule has 4 atom stereocenters. The Kier molecular flexibility index (Phi) is 5.22. The highest BCUT2D eigenvalue weighted by molar-refractivity contribution is 7.14. The van der Waals surface area contributed by atoms with Crippen LogP contribution in [0.1, 0.15) is 39.9 Å². The van der Waals surface area contributed by atoms with Gasteiger partial charge in [-0.25, -0.2) is 4.98 Å². The summed E-state index contributed by atoms with van der Waals surface area (Å²) in [7, 11) is 0. The average molecular weight is 514 g/mol. The Labute approximate surface area is 221 Å². The molecule has 4 aliphatic rings. The van der Waals surface area contributed by atoms with Crippen molar-refractivity contribution in [3.63, 3.8) is 0 Å². The molecule has 6 nitrogen and oxygen atoms in total. The molecule has 1 spiro atoms. The van der Waals surface area contributed by atoms with Crippen LogP contribution < -0.4 is 9.64 Å². The van der Waals surface area contributed by atoms with Gasteiger partial charge in [-0.3, -0.25) is 4.79 Å². The molecule has 1 aromatic heterocycles. The molecule has 37 heavy (non-hydrogen) atoms. The summed E-state index contributed by atoms with van der Waals surface area (Å²) in [5.74, 6) is 2.31. The molecule has 2 saturated carbocycles. The van der Waals surface area contributed by atoms with Crippen molar-refractivity contribution in [2.75, 3.05) is 31.1 Å². The number of thiazole rings is 1. The number of benzene rings is 2. The van der Waals surface area contributed by atoms with Gasteiger partial charge in [0.15, 0.2) is 5.13 Å². The van der Waals surface area contributed by atoms with E-state index in [1.54, 1.807) is 11.3 Å².